The maximum atomic E-state index is 12.7. The van der Waals surface area contributed by atoms with Crippen LogP contribution in [0.1, 0.15) is 27.7 Å². The molecular weight excluding hydrogens is 384 g/mol. The quantitative estimate of drug-likeness (QED) is 0.134. The molecule has 4 atom stereocenters. The highest BCUT2D eigenvalue weighted by atomic mass is 16.7. The van der Waals surface area contributed by atoms with Crippen LogP contribution in [0.15, 0.2) is 0 Å². The highest BCUT2D eigenvalue weighted by Gasteiger charge is 2.65. The molecule has 0 aliphatic rings. The number of rotatable bonds is 9. The molecular formula is C14H24N4O10. The normalized spacial score (nSPS) is 17.1. The summed E-state index contributed by atoms with van der Waals surface area (Å²) in [5, 5.41) is 45.3. The predicted molar refractivity (Wildman–Crippen MR) is 88.1 cm³/mol. The van der Waals surface area contributed by atoms with E-state index in [-0.39, 0.29) is 0 Å². The van der Waals surface area contributed by atoms with Crippen molar-refractivity contribution in [2.75, 3.05) is 6.61 Å². The zero-order valence-electron chi connectivity index (χ0n) is 15.6. The molecule has 5 amide bonds. The van der Waals surface area contributed by atoms with Crippen molar-refractivity contribution in [3.8, 4) is 0 Å². The lowest BCUT2D eigenvalue weighted by molar-refractivity contribution is -0.271. The van der Waals surface area contributed by atoms with Gasteiger partial charge in [0.1, 0.15) is 12.2 Å². The van der Waals surface area contributed by atoms with E-state index in [4.69, 9.17) is 9.94 Å². The van der Waals surface area contributed by atoms with Gasteiger partial charge in [0.15, 0.2) is 0 Å². The summed E-state index contributed by atoms with van der Waals surface area (Å²) < 4.78 is 0. The first-order valence-corrected chi connectivity index (χ1v) is 7.77. The van der Waals surface area contributed by atoms with Crippen LogP contribution in [0, 0.1) is 0 Å². The molecule has 14 heteroatoms. The lowest BCUT2D eigenvalue weighted by Crippen LogP contribution is -2.83. The Balaban J connectivity index is 6.80. The van der Waals surface area contributed by atoms with Crippen LogP contribution < -0.4 is 21.4 Å². The monoisotopic (exact) mass is 408 g/mol. The largest absolute Gasteiger partial charge is 0.394 e. The van der Waals surface area contributed by atoms with Crippen LogP contribution in [-0.2, 0) is 28.8 Å². The number of hydroxylamine groups is 1. The Hall–Kier alpha value is -2.65. The van der Waals surface area contributed by atoms with E-state index >= 15 is 0 Å². The van der Waals surface area contributed by atoms with Gasteiger partial charge >= 0.3 is 0 Å². The van der Waals surface area contributed by atoms with Crippen molar-refractivity contribution in [2.45, 2.75) is 51.4 Å². The number of imide groups is 1. The molecule has 0 spiro atoms. The fourth-order valence-corrected chi connectivity index (χ4v) is 2.14. The fourth-order valence-electron chi connectivity index (χ4n) is 2.14. The summed E-state index contributed by atoms with van der Waals surface area (Å²) in [6.45, 7) is 2.32. The SMILES string of the molecule is CC(=O)NO[C@@](NC(C)=O)(C(=O)NC(C)=O)[C@](O)(NC(C)=O)[C@H](O)[C@H](O)CO. The average Bonchev–Trinajstić information content (AvgIpc) is 2.54. The first-order chi connectivity index (χ1) is 12.7. The Kier molecular flexibility index (Phi) is 9.10. The zero-order valence-corrected chi connectivity index (χ0v) is 15.6. The second-order valence-electron chi connectivity index (χ2n) is 5.78. The molecule has 0 aliphatic carbocycles. The van der Waals surface area contributed by atoms with Crippen LogP contribution in [0.4, 0.5) is 0 Å². The van der Waals surface area contributed by atoms with E-state index in [9.17, 15) is 39.3 Å². The summed E-state index contributed by atoms with van der Waals surface area (Å²) in [6, 6.07) is 0. The van der Waals surface area contributed by atoms with E-state index < -0.39 is 59.8 Å². The summed E-state index contributed by atoms with van der Waals surface area (Å²) in [4.78, 5) is 63.4. The van der Waals surface area contributed by atoms with Gasteiger partial charge in [0.25, 0.3) is 11.6 Å². The molecule has 28 heavy (non-hydrogen) atoms. The lowest BCUT2D eigenvalue weighted by atomic mass is 9.88. The molecule has 0 saturated heterocycles. The van der Waals surface area contributed by atoms with Gasteiger partial charge in [-0.15, -0.1) is 0 Å². The smallest absolute Gasteiger partial charge is 0.297 e. The number of aliphatic hydroxyl groups excluding tert-OH is 3. The van der Waals surface area contributed by atoms with Gasteiger partial charge < -0.3 is 31.1 Å². The Morgan fingerprint density at radius 2 is 1.39 bits per heavy atom. The molecule has 0 rings (SSSR count). The molecule has 14 nitrogen and oxygen atoms in total. The van der Waals surface area contributed by atoms with Crippen LogP contribution in [0.5, 0.6) is 0 Å². The van der Waals surface area contributed by atoms with Crippen LogP contribution >= 0.6 is 0 Å². The highest BCUT2D eigenvalue weighted by Crippen LogP contribution is 2.28. The molecule has 0 unspecified atom stereocenters. The molecule has 0 heterocycles. The third-order valence-corrected chi connectivity index (χ3v) is 3.19. The molecule has 8 N–H and O–H groups in total. The Bertz CT molecular complexity index is 642. The zero-order chi connectivity index (χ0) is 22.3. The predicted octanol–water partition coefficient (Wildman–Crippen LogP) is -4.91. The van der Waals surface area contributed by atoms with Gasteiger partial charge in [-0.25, -0.2) is 10.3 Å². The first kappa shape index (κ1) is 25.4. The molecule has 0 aromatic rings. The topological polar surface area (TPSA) is 224 Å². The summed E-state index contributed by atoms with van der Waals surface area (Å²) in [6.07, 6.45) is -4.74. The number of carbonyl (C=O) groups excluding carboxylic acids is 5. The van der Waals surface area contributed by atoms with E-state index in [1.165, 1.54) is 0 Å². The van der Waals surface area contributed by atoms with Gasteiger partial charge in [-0.3, -0.25) is 29.3 Å². The van der Waals surface area contributed by atoms with Gasteiger partial charge in [-0.2, -0.15) is 0 Å². The van der Waals surface area contributed by atoms with E-state index in [1.54, 1.807) is 21.4 Å². The van der Waals surface area contributed by atoms with E-state index in [0.717, 1.165) is 27.7 Å². The third-order valence-electron chi connectivity index (χ3n) is 3.19. The second-order valence-corrected chi connectivity index (χ2v) is 5.78. The molecule has 0 aromatic heterocycles. The lowest BCUT2D eigenvalue weighted by Gasteiger charge is -2.47. The minimum Gasteiger partial charge on any atom is -0.394 e. The van der Waals surface area contributed by atoms with Gasteiger partial charge in [0.2, 0.25) is 29.4 Å². The molecule has 0 fully saturated rings. The van der Waals surface area contributed by atoms with Crippen molar-refractivity contribution in [2.24, 2.45) is 0 Å². The molecule has 0 aliphatic heterocycles. The molecule has 160 valence electrons. The molecule has 0 aromatic carbocycles. The average molecular weight is 408 g/mol. The minimum atomic E-state index is -3.39. The van der Waals surface area contributed by atoms with E-state index in [1.807, 2.05) is 0 Å². The Labute approximate surface area is 159 Å². The van der Waals surface area contributed by atoms with Gasteiger partial charge in [-0.05, 0) is 0 Å². The van der Waals surface area contributed by atoms with Crippen LogP contribution in [0.3, 0.4) is 0 Å². The number of carbonyl (C=O) groups is 5. The summed E-state index contributed by atoms with van der Waals surface area (Å²) in [7, 11) is 0. The van der Waals surface area contributed by atoms with Crippen molar-refractivity contribution >= 4 is 29.5 Å². The number of aliphatic hydroxyl groups is 4. The van der Waals surface area contributed by atoms with Crippen LogP contribution in [0.2, 0.25) is 0 Å². The van der Waals surface area contributed by atoms with Crippen molar-refractivity contribution in [3.05, 3.63) is 0 Å². The maximum absolute atomic E-state index is 12.7. The third kappa shape index (κ3) is 5.93. The number of nitrogens with one attached hydrogen (secondary N) is 4. The van der Waals surface area contributed by atoms with E-state index in [2.05, 4.69) is 0 Å². The molecule has 0 bridgehead atoms. The van der Waals surface area contributed by atoms with Crippen molar-refractivity contribution in [1.29, 1.82) is 0 Å². The van der Waals surface area contributed by atoms with Gasteiger partial charge in [0.05, 0.1) is 6.61 Å². The van der Waals surface area contributed by atoms with Crippen LogP contribution in [-0.4, -0.2) is 80.2 Å². The van der Waals surface area contributed by atoms with E-state index in [0.29, 0.717) is 0 Å². The highest BCUT2D eigenvalue weighted by molar-refractivity contribution is 6.01. The summed E-state index contributed by atoms with van der Waals surface area (Å²) in [5.41, 5.74) is -5.02. The number of amides is 5. The molecule has 0 radical (unpaired) electrons. The fraction of sp³-hybridized carbons (Fsp3) is 0.643. The summed E-state index contributed by atoms with van der Waals surface area (Å²) in [5.74, 6) is -5.77. The molecule has 0 saturated carbocycles. The maximum Gasteiger partial charge on any atom is 0.297 e. The van der Waals surface area contributed by atoms with Crippen molar-refractivity contribution in [1.82, 2.24) is 21.4 Å². The number of hydrogen-bond acceptors (Lipinski definition) is 10. The summed E-state index contributed by atoms with van der Waals surface area (Å²) >= 11 is 0. The second kappa shape index (κ2) is 10.0. The number of hydrogen-bond donors (Lipinski definition) is 8. The van der Waals surface area contributed by atoms with Crippen molar-refractivity contribution in [3.63, 3.8) is 0 Å². The first-order valence-electron chi connectivity index (χ1n) is 7.77. The Morgan fingerprint density at radius 3 is 1.75 bits per heavy atom. The minimum absolute atomic E-state index is 0.836. The van der Waals surface area contributed by atoms with Crippen LogP contribution in [0.25, 0.3) is 0 Å². The van der Waals surface area contributed by atoms with Gasteiger partial charge in [0, 0.05) is 27.7 Å². The van der Waals surface area contributed by atoms with Crippen molar-refractivity contribution < 1.29 is 49.2 Å². The van der Waals surface area contributed by atoms with Gasteiger partial charge in [-0.1, -0.05) is 0 Å². The Morgan fingerprint density at radius 1 is 0.893 bits per heavy atom. The standard InChI is InChI=1S/C14H24N4O10/c1-6(20)15-12(26)14(17-8(3)22,28-18-9(4)23)13(27,16-7(2)21)11(25)10(24)5-19/h10-11,19,24-25,27H,5H2,1-4H3,(H,16,21)(H,17,22)(H,18,23)(H,15,20,26)/t10-,11-,13+,14+/m1/s1.